The van der Waals surface area contributed by atoms with Crippen LogP contribution in [-0.2, 0) is 16.6 Å². The number of carbonyl (C=O) groups is 1. The van der Waals surface area contributed by atoms with Gasteiger partial charge in [-0.1, -0.05) is 29.5 Å². The van der Waals surface area contributed by atoms with E-state index in [9.17, 15) is 23.3 Å². The monoisotopic (exact) mass is 496 g/mol. The van der Waals surface area contributed by atoms with Crippen LogP contribution in [0.1, 0.15) is 17.3 Å². The van der Waals surface area contributed by atoms with Crippen molar-refractivity contribution in [3.8, 4) is 0 Å². The molecule has 0 aliphatic rings. The zero-order valence-electron chi connectivity index (χ0n) is 18.3. The van der Waals surface area contributed by atoms with Crippen LogP contribution in [0.25, 0.3) is 10.2 Å². The molecule has 0 unspecified atom stereocenters. The number of non-ortho nitro benzene ring substituents is 1. The molecule has 0 bridgehead atoms. The Morgan fingerprint density at radius 2 is 1.76 bits per heavy atom. The highest BCUT2D eigenvalue weighted by molar-refractivity contribution is 7.92. The van der Waals surface area contributed by atoms with E-state index in [2.05, 4.69) is 4.99 Å². The minimum absolute atomic E-state index is 0.0350. The molecule has 1 heterocycles. The zero-order chi connectivity index (χ0) is 24.5. The van der Waals surface area contributed by atoms with Crippen LogP contribution in [-0.4, -0.2) is 30.9 Å². The molecule has 1 aromatic heterocycles. The van der Waals surface area contributed by atoms with E-state index in [0.717, 1.165) is 5.52 Å². The van der Waals surface area contributed by atoms with Gasteiger partial charge < -0.3 is 4.57 Å². The maximum atomic E-state index is 12.9. The van der Waals surface area contributed by atoms with Crippen molar-refractivity contribution in [2.45, 2.75) is 18.4 Å². The number of amides is 1. The fourth-order valence-electron chi connectivity index (χ4n) is 3.42. The van der Waals surface area contributed by atoms with Crippen molar-refractivity contribution in [3.63, 3.8) is 0 Å². The Hall–Kier alpha value is -3.83. The molecule has 11 heteroatoms. The Balaban J connectivity index is 1.66. The molecule has 9 nitrogen and oxygen atoms in total. The Labute approximate surface area is 199 Å². The summed E-state index contributed by atoms with van der Waals surface area (Å²) in [5.41, 5.74) is 1.46. The predicted octanol–water partition coefficient (Wildman–Crippen LogP) is 4.20. The van der Waals surface area contributed by atoms with Crippen molar-refractivity contribution >= 4 is 48.9 Å². The van der Waals surface area contributed by atoms with Crippen LogP contribution in [0.2, 0.25) is 0 Å². The molecule has 0 N–H and O–H groups in total. The Morgan fingerprint density at radius 1 is 1.09 bits per heavy atom. The molecule has 0 fully saturated rings. The Kier molecular flexibility index (Phi) is 6.31. The smallest absolute Gasteiger partial charge is 0.279 e. The number of aromatic nitrogens is 1. The van der Waals surface area contributed by atoms with Gasteiger partial charge in [-0.25, -0.2) is 8.42 Å². The van der Waals surface area contributed by atoms with Crippen LogP contribution in [0.15, 0.2) is 82.7 Å². The summed E-state index contributed by atoms with van der Waals surface area (Å²) < 4.78 is 29.5. The molecule has 4 rings (SSSR count). The van der Waals surface area contributed by atoms with Crippen LogP contribution in [0, 0.1) is 10.1 Å². The summed E-state index contributed by atoms with van der Waals surface area (Å²) in [6.07, 6.45) is 0. The van der Waals surface area contributed by atoms with Gasteiger partial charge in [-0.2, -0.15) is 4.99 Å². The van der Waals surface area contributed by atoms with Gasteiger partial charge >= 0.3 is 0 Å². The summed E-state index contributed by atoms with van der Waals surface area (Å²) in [4.78, 5) is 28.1. The van der Waals surface area contributed by atoms with Gasteiger partial charge in [-0.15, -0.1) is 0 Å². The number of thiazole rings is 1. The number of sulfonamides is 1. The van der Waals surface area contributed by atoms with Gasteiger partial charge in [0.05, 0.1) is 25.7 Å². The lowest BCUT2D eigenvalue weighted by Crippen LogP contribution is -2.26. The Bertz CT molecular complexity index is 1560. The minimum Gasteiger partial charge on any atom is -0.317 e. The van der Waals surface area contributed by atoms with Crippen molar-refractivity contribution in [2.24, 2.45) is 4.99 Å². The van der Waals surface area contributed by atoms with Gasteiger partial charge in [0.25, 0.3) is 21.6 Å². The summed E-state index contributed by atoms with van der Waals surface area (Å²) in [7, 11) is -2.33. The van der Waals surface area contributed by atoms with E-state index in [1.54, 1.807) is 41.0 Å². The second kappa shape index (κ2) is 9.20. The Morgan fingerprint density at radius 3 is 2.38 bits per heavy atom. The van der Waals surface area contributed by atoms with E-state index >= 15 is 0 Å². The number of nitro benzene ring substituents is 1. The topological polar surface area (TPSA) is 115 Å². The van der Waals surface area contributed by atoms with Crippen molar-refractivity contribution in [1.82, 2.24) is 4.57 Å². The number of hydrogen-bond acceptors (Lipinski definition) is 6. The molecule has 0 aliphatic heterocycles. The van der Waals surface area contributed by atoms with Crippen molar-refractivity contribution in [3.05, 3.63) is 93.3 Å². The van der Waals surface area contributed by atoms with E-state index in [-0.39, 0.29) is 16.1 Å². The number of carbonyl (C=O) groups excluding carboxylic acids is 1. The van der Waals surface area contributed by atoms with Gasteiger partial charge in [0.15, 0.2) is 4.80 Å². The van der Waals surface area contributed by atoms with Gasteiger partial charge in [0, 0.05) is 31.3 Å². The highest BCUT2D eigenvalue weighted by Crippen LogP contribution is 2.24. The average molecular weight is 497 g/mol. The van der Waals surface area contributed by atoms with Crippen molar-refractivity contribution < 1.29 is 18.1 Å². The van der Waals surface area contributed by atoms with E-state index in [1.807, 2.05) is 6.92 Å². The molecule has 0 saturated heterocycles. The molecule has 34 heavy (non-hydrogen) atoms. The van der Waals surface area contributed by atoms with Crippen LogP contribution in [0.5, 0.6) is 0 Å². The van der Waals surface area contributed by atoms with Crippen molar-refractivity contribution in [1.29, 1.82) is 0 Å². The molecule has 0 atom stereocenters. The first-order valence-corrected chi connectivity index (χ1v) is 12.5. The number of hydrogen-bond donors (Lipinski definition) is 0. The molecule has 1 amide bonds. The van der Waals surface area contributed by atoms with Crippen LogP contribution < -0.4 is 9.11 Å². The fourth-order valence-corrected chi connectivity index (χ4v) is 5.74. The number of benzene rings is 3. The lowest BCUT2D eigenvalue weighted by molar-refractivity contribution is -0.384. The number of rotatable bonds is 6. The SMILES string of the molecule is CCn1c(=NC(=O)c2ccc(S(=O)(=O)N(C)c3ccccc3)cc2)sc2cc([N+](=O)[O-])ccc21. The summed E-state index contributed by atoms with van der Waals surface area (Å²) in [5, 5.41) is 11.1. The second-order valence-electron chi connectivity index (χ2n) is 7.29. The zero-order valence-corrected chi connectivity index (χ0v) is 19.9. The number of fused-ring (bicyclic) bond motifs is 1. The second-order valence-corrected chi connectivity index (χ2v) is 10.3. The third-order valence-electron chi connectivity index (χ3n) is 5.27. The molecule has 0 spiro atoms. The van der Waals surface area contributed by atoms with Crippen molar-refractivity contribution in [2.75, 3.05) is 11.4 Å². The normalized spacial score (nSPS) is 12.1. The predicted molar refractivity (Wildman–Crippen MR) is 131 cm³/mol. The summed E-state index contributed by atoms with van der Waals surface area (Å²) in [6.45, 7) is 2.41. The number of anilines is 1. The highest BCUT2D eigenvalue weighted by atomic mass is 32.2. The standard InChI is InChI=1S/C23H20N4O5S2/c1-3-26-20-14-11-18(27(29)30)15-21(20)33-23(26)24-22(28)16-9-12-19(13-10-16)34(31,32)25(2)17-7-5-4-6-8-17/h4-15H,3H2,1-2H3. The van der Waals surface area contributed by atoms with Gasteiger partial charge in [-0.05, 0) is 49.4 Å². The van der Waals surface area contributed by atoms with Gasteiger partial charge in [-0.3, -0.25) is 19.2 Å². The number of nitro groups is 1. The molecule has 0 radical (unpaired) electrons. The summed E-state index contributed by atoms with van der Waals surface area (Å²) in [5.74, 6) is -0.538. The van der Waals surface area contributed by atoms with Gasteiger partial charge in [0.2, 0.25) is 0 Å². The molecular formula is C23H20N4O5S2. The largest absolute Gasteiger partial charge is 0.317 e. The summed E-state index contributed by atoms with van der Waals surface area (Å²) >= 11 is 1.18. The lowest BCUT2D eigenvalue weighted by atomic mass is 10.2. The van der Waals surface area contributed by atoms with E-state index in [4.69, 9.17) is 0 Å². The minimum atomic E-state index is -3.80. The quantitative estimate of drug-likeness (QED) is 0.293. The molecule has 0 saturated carbocycles. The fraction of sp³-hybridized carbons (Fsp3) is 0.130. The first-order valence-electron chi connectivity index (χ1n) is 10.2. The molecular weight excluding hydrogens is 476 g/mol. The molecule has 3 aromatic carbocycles. The molecule has 0 aliphatic carbocycles. The number of nitrogens with zero attached hydrogens (tertiary/aromatic N) is 4. The molecule has 174 valence electrons. The highest BCUT2D eigenvalue weighted by Gasteiger charge is 2.21. The third kappa shape index (κ3) is 4.35. The van der Waals surface area contributed by atoms with Crippen LogP contribution in [0.4, 0.5) is 11.4 Å². The van der Waals surface area contributed by atoms with E-state index in [1.165, 1.54) is 59.1 Å². The average Bonchev–Trinajstić information content (AvgIpc) is 3.20. The van der Waals surface area contributed by atoms with Crippen LogP contribution >= 0.6 is 11.3 Å². The maximum Gasteiger partial charge on any atom is 0.279 e. The van der Waals surface area contributed by atoms with Crippen LogP contribution in [0.3, 0.4) is 0 Å². The third-order valence-corrected chi connectivity index (χ3v) is 8.11. The summed E-state index contributed by atoms with van der Waals surface area (Å²) in [6, 6.07) is 18.8. The number of para-hydroxylation sites is 1. The van der Waals surface area contributed by atoms with E-state index in [0.29, 0.717) is 21.7 Å². The number of aryl methyl sites for hydroxylation is 1. The lowest BCUT2D eigenvalue weighted by Gasteiger charge is -2.19. The maximum absolute atomic E-state index is 12.9. The first-order chi connectivity index (χ1) is 16.2. The van der Waals surface area contributed by atoms with E-state index < -0.39 is 20.9 Å². The molecule has 4 aromatic rings. The van der Waals surface area contributed by atoms with Gasteiger partial charge in [0.1, 0.15) is 0 Å². The first kappa shape index (κ1) is 23.3.